The van der Waals surface area contributed by atoms with Gasteiger partial charge in [0.25, 0.3) is 11.8 Å². The zero-order valence-electron chi connectivity index (χ0n) is 13.8. The topological polar surface area (TPSA) is 104 Å². The van der Waals surface area contributed by atoms with Gasteiger partial charge in [0.2, 0.25) is 0 Å². The largest absolute Gasteiger partial charge is 0.417 e. The lowest BCUT2D eigenvalue weighted by atomic mass is 10.1. The lowest BCUT2D eigenvalue weighted by Crippen LogP contribution is -2.17. The summed E-state index contributed by atoms with van der Waals surface area (Å²) in [6.07, 6.45) is 0. The van der Waals surface area contributed by atoms with Gasteiger partial charge in [-0.05, 0) is 41.8 Å². The summed E-state index contributed by atoms with van der Waals surface area (Å²) in [5, 5.41) is 9.06. The van der Waals surface area contributed by atoms with Crippen molar-refractivity contribution in [3.05, 3.63) is 81.0 Å². The van der Waals surface area contributed by atoms with Crippen molar-refractivity contribution < 1.29 is 14.0 Å². The predicted molar refractivity (Wildman–Crippen MR) is 104 cm³/mol. The molecule has 2 aromatic heterocycles. The molecule has 0 aliphatic rings. The first kappa shape index (κ1) is 16.8. The van der Waals surface area contributed by atoms with Crippen LogP contribution in [0.5, 0.6) is 0 Å². The fraction of sp³-hybridized carbons (Fsp3) is 0. The fourth-order valence-electron chi connectivity index (χ4n) is 2.61. The van der Waals surface area contributed by atoms with Gasteiger partial charge in [-0.25, -0.2) is 4.79 Å². The van der Waals surface area contributed by atoms with E-state index in [1.165, 1.54) is 11.3 Å². The highest BCUT2D eigenvalue weighted by Crippen LogP contribution is 2.21. The van der Waals surface area contributed by atoms with Crippen molar-refractivity contribution in [2.24, 2.45) is 0 Å². The van der Waals surface area contributed by atoms with E-state index in [0.29, 0.717) is 33.6 Å². The Bertz CT molecular complexity index is 1190. The van der Waals surface area contributed by atoms with Gasteiger partial charge in [-0.15, -0.1) is 0 Å². The number of aromatic nitrogens is 1. The Kier molecular flexibility index (Phi) is 4.31. The molecule has 0 aliphatic carbocycles. The standard InChI is InChI=1S/C19H13N3O4S/c23-17(11-7-8-27-10-11)21-14-4-2-1-3-13(14)18(24)20-12-5-6-16-15(9-12)22-19(25)26-16/h1-10H,(H,20,24)(H,21,23)(H,22,25). The normalized spacial score (nSPS) is 10.7. The minimum absolute atomic E-state index is 0.283. The lowest BCUT2D eigenvalue weighted by molar-refractivity contribution is 0.102. The van der Waals surface area contributed by atoms with E-state index in [9.17, 15) is 14.4 Å². The van der Waals surface area contributed by atoms with Gasteiger partial charge in [0.15, 0.2) is 5.58 Å². The molecular weight excluding hydrogens is 366 g/mol. The summed E-state index contributed by atoms with van der Waals surface area (Å²) in [5.41, 5.74) is 2.64. The van der Waals surface area contributed by atoms with Gasteiger partial charge in [-0.1, -0.05) is 12.1 Å². The van der Waals surface area contributed by atoms with Gasteiger partial charge in [-0.3, -0.25) is 14.6 Å². The first-order valence-corrected chi connectivity index (χ1v) is 8.91. The van der Waals surface area contributed by atoms with E-state index in [1.54, 1.807) is 53.9 Å². The molecular formula is C19H13N3O4S. The molecule has 0 spiro atoms. The number of oxazole rings is 1. The summed E-state index contributed by atoms with van der Waals surface area (Å²) >= 11 is 1.42. The third kappa shape index (κ3) is 3.51. The van der Waals surface area contributed by atoms with Crippen LogP contribution in [0.4, 0.5) is 11.4 Å². The molecule has 2 amide bonds. The van der Waals surface area contributed by atoms with Crippen molar-refractivity contribution >= 4 is 45.6 Å². The first-order chi connectivity index (χ1) is 13.1. The number of para-hydroxylation sites is 1. The molecule has 8 heteroatoms. The van der Waals surface area contributed by atoms with E-state index in [0.717, 1.165) is 0 Å². The molecule has 0 saturated heterocycles. The van der Waals surface area contributed by atoms with Crippen LogP contribution >= 0.6 is 11.3 Å². The summed E-state index contributed by atoms with van der Waals surface area (Å²) in [5.74, 6) is -1.23. The Labute approximate surface area is 156 Å². The lowest BCUT2D eigenvalue weighted by Gasteiger charge is -2.11. The van der Waals surface area contributed by atoms with Gasteiger partial charge in [0, 0.05) is 11.1 Å². The number of carbonyl (C=O) groups excluding carboxylic acids is 2. The number of anilines is 2. The Morgan fingerprint density at radius 3 is 2.67 bits per heavy atom. The quantitative estimate of drug-likeness (QED) is 0.503. The molecule has 7 nitrogen and oxygen atoms in total. The molecule has 134 valence electrons. The summed E-state index contributed by atoms with van der Waals surface area (Å²) in [6, 6.07) is 13.3. The number of nitrogens with one attached hydrogen (secondary N) is 3. The third-order valence-electron chi connectivity index (χ3n) is 3.88. The zero-order valence-corrected chi connectivity index (χ0v) is 14.6. The van der Waals surface area contributed by atoms with Crippen LogP contribution < -0.4 is 16.4 Å². The van der Waals surface area contributed by atoms with Crippen LogP contribution in [0.2, 0.25) is 0 Å². The highest BCUT2D eigenvalue weighted by molar-refractivity contribution is 7.08. The van der Waals surface area contributed by atoms with Crippen LogP contribution in [0, 0.1) is 0 Å². The average Bonchev–Trinajstić information content (AvgIpc) is 3.30. The number of hydrogen-bond donors (Lipinski definition) is 3. The molecule has 0 radical (unpaired) electrons. The Balaban J connectivity index is 1.57. The van der Waals surface area contributed by atoms with Gasteiger partial charge in [-0.2, -0.15) is 11.3 Å². The molecule has 4 aromatic rings. The van der Waals surface area contributed by atoms with Crippen LogP contribution in [-0.2, 0) is 0 Å². The second kappa shape index (κ2) is 6.93. The fourth-order valence-corrected chi connectivity index (χ4v) is 3.24. The Hall–Kier alpha value is -3.65. The van der Waals surface area contributed by atoms with Crippen LogP contribution in [0.1, 0.15) is 20.7 Å². The molecule has 2 aromatic carbocycles. The molecule has 2 heterocycles. The molecule has 3 N–H and O–H groups in total. The van der Waals surface area contributed by atoms with Gasteiger partial charge in [0.05, 0.1) is 22.3 Å². The van der Waals surface area contributed by atoms with E-state index < -0.39 is 5.76 Å². The van der Waals surface area contributed by atoms with Crippen molar-refractivity contribution in [3.63, 3.8) is 0 Å². The van der Waals surface area contributed by atoms with E-state index in [4.69, 9.17) is 4.42 Å². The van der Waals surface area contributed by atoms with Crippen LogP contribution in [0.3, 0.4) is 0 Å². The number of amides is 2. The number of H-pyrrole nitrogens is 1. The van der Waals surface area contributed by atoms with Crippen LogP contribution in [-0.4, -0.2) is 16.8 Å². The molecule has 0 atom stereocenters. The van der Waals surface area contributed by atoms with Crippen molar-refractivity contribution in [3.8, 4) is 0 Å². The van der Waals surface area contributed by atoms with Crippen LogP contribution in [0.25, 0.3) is 11.1 Å². The second-order valence-electron chi connectivity index (χ2n) is 5.69. The number of thiophene rings is 1. The van der Waals surface area contributed by atoms with Gasteiger partial charge >= 0.3 is 5.76 Å². The molecule has 0 bridgehead atoms. The molecule has 0 saturated carbocycles. The third-order valence-corrected chi connectivity index (χ3v) is 4.56. The molecule has 0 fully saturated rings. The average molecular weight is 379 g/mol. The van der Waals surface area contributed by atoms with Gasteiger partial charge < -0.3 is 15.1 Å². The zero-order chi connectivity index (χ0) is 18.8. The molecule has 0 unspecified atom stereocenters. The van der Waals surface area contributed by atoms with Gasteiger partial charge in [0.1, 0.15) is 0 Å². The Morgan fingerprint density at radius 2 is 1.85 bits per heavy atom. The minimum Gasteiger partial charge on any atom is -0.408 e. The summed E-state index contributed by atoms with van der Waals surface area (Å²) in [4.78, 5) is 38.7. The first-order valence-electron chi connectivity index (χ1n) is 7.97. The summed E-state index contributed by atoms with van der Waals surface area (Å²) < 4.78 is 4.94. The van der Waals surface area contributed by atoms with Crippen molar-refractivity contribution in [1.29, 1.82) is 0 Å². The van der Waals surface area contributed by atoms with E-state index in [2.05, 4.69) is 15.6 Å². The highest BCUT2D eigenvalue weighted by Gasteiger charge is 2.15. The maximum atomic E-state index is 12.7. The summed E-state index contributed by atoms with van der Waals surface area (Å²) in [6.45, 7) is 0. The Morgan fingerprint density at radius 1 is 1.00 bits per heavy atom. The smallest absolute Gasteiger partial charge is 0.408 e. The molecule has 27 heavy (non-hydrogen) atoms. The predicted octanol–water partition coefficient (Wildman–Crippen LogP) is 3.69. The van der Waals surface area contributed by atoms with Crippen molar-refractivity contribution in [2.45, 2.75) is 0 Å². The number of hydrogen-bond acceptors (Lipinski definition) is 5. The number of aromatic amines is 1. The highest BCUT2D eigenvalue weighted by atomic mass is 32.1. The summed E-state index contributed by atoms with van der Waals surface area (Å²) in [7, 11) is 0. The monoisotopic (exact) mass is 379 g/mol. The maximum absolute atomic E-state index is 12.7. The van der Waals surface area contributed by atoms with E-state index in [1.807, 2.05) is 5.38 Å². The number of benzene rings is 2. The SMILES string of the molecule is O=C(Nc1ccccc1C(=O)Nc1ccc2oc(=O)[nH]c2c1)c1ccsc1. The van der Waals surface area contributed by atoms with Crippen LogP contribution in [0.15, 0.2) is 68.5 Å². The maximum Gasteiger partial charge on any atom is 0.417 e. The minimum atomic E-state index is -0.560. The van der Waals surface area contributed by atoms with Crippen molar-refractivity contribution in [2.75, 3.05) is 10.6 Å². The number of rotatable bonds is 4. The van der Waals surface area contributed by atoms with E-state index >= 15 is 0 Å². The number of fused-ring (bicyclic) bond motifs is 1. The second-order valence-corrected chi connectivity index (χ2v) is 6.47. The molecule has 4 rings (SSSR count). The molecule has 0 aliphatic heterocycles. The van der Waals surface area contributed by atoms with Crippen molar-refractivity contribution in [1.82, 2.24) is 4.98 Å². The van der Waals surface area contributed by atoms with E-state index in [-0.39, 0.29) is 11.8 Å². The number of carbonyl (C=O) groups is 2.